The summed E-state index contributed by atoms with van der Waals surface area (Å²) in [5.74, 6) is 0.503. The summed E-state index contributed by atoms with van der Waals surface area (Å²) in [5.41, 5.74) is 2.81. The van der Waals surface area contributed by atoms with Crippen LogP contribution in [0.15, 0.2) is 41.3 Å². The van der Waals surface area contributed by atoms with Crippen molar-refractivity contribution in [2.24, 2.45) is 0 Å². The lowest BCUT2D eigenvalue weighted by molar-refractivity contribution is -0.134. The maximum Gasteiger partial charge on any atom is 0.260 e. The Morgan fingerprint density at radius 3 is 2.23 bits per heavy atom. The van der Waals surface area contributed by atoms with Gasteiger partial charge < -0.3 is 9.64 Å². The summed E-state index contributed by atoms with van der Waals surface area (Å²) in [4.78, 5) is 14.5. The van der Waals surface area contributed by atoms with E-state index in [2.05, 4.69) is 4.72 Å². The molecule has 6 nitrogen and oxygen atoms in total. The lowest BCUT2D eigenvalue weighted by Crippen LogP contribution is -2.47. The van der Waals surface area contributed by atoms with Crippen LogP contribution in [-0.2, 0) is 14.8 Å². The highest BCUT2D eigenvalue weighted by molar-refractivity contribution is 7.89. The number of likely N-dealkylation sites (tertiary alicyclic amines) is 1. The summed E-state index contributed by atoms with van der Waals surface area (Å²) in [6.07, 6.45) is 1.13. The second-order valence-electron chi connectivity index (χ2n) is 7.75. The molecule has 1 aliphatic heterocycles. The first-order valence-electron chi connectivity index (χ1n) is 9.92. The summed E-state index contributed by atoms with van der Waals surface area (Å²) in [6.45, 7) is 6.62. The second-order valence-corrected chi connectivity index (χ2v) is 9.84. The molecule has 0 saturated carbocycles. The number of hydrogen-bond donors (Lipinski definition) is 1. The number of halogens is 1. The van der Waals surface area contributed by atoms with Crippen LogP contribution in [0.3, 0.4) is 0 Å². The van der Waals surface area contributed by atoms with Crippen LogP contribution < -0.4 is 9.46 Å². The highest BCUT2D eigenvalue weighted by atomic mass is 35.5. The number of ether oxygens (including phenoxy) is 1. The van der Waals surface area contributed by atoms with E-state index in [1.54, 1.807) is 29.2 Å². The number of piperidine rings is 1. The van der Waals surface area contributed by atoms with Crippen LogP contribution in [0.4, 0.5) is 0 Å². The molecule has 3 rings (SSSR count). The summed E-state index contributed by atoms with van der Waals surface area (Å²) < 4.78 is 33.5. The van der Waals surface area contributed by atoms with Gasteiger partial charge in [0.25, 0.3) is 5.91 Å². The zero-order valence-corrected chi connectivity index (χ0v) is 19.0. The Hall–Kier alpha value is -2.09. The third kappa shape index (κ3) is 5.53. The Morgan fingerprint density at radius 2 is 1.67 bits per heavy atom. The Balaban J connectivity index is 1.50. The van der Waals surface area contributed by atoms with E-state index < -0.39 is 10.0 Å². The Kier molecular flexibility index (Phi) is 7.06. The van der Waals surface area contributed by atoms with E-state index in [0.29, 0.717) is 36.7 Å². The molecule has 0 atom stereocenters. The van der Waals surface area contributed by atoms with E-state index in [1.807, 2.05) is 32.9 Å². The highest BCUT2D eigenvalue weighted by Crippen LogP contribution is 2.26. The van der Waals surface area contributed by atoms with Gasteiger partial charge in [-0.3, -0.25) is 4.79 Å². The van der Waals surface area contributed by atoms with Crippen LogP contribution in [-0.4, -0.2) is 45.0 Å². The molecule has 8 heteroatoms. The minimum absolute atomic E-state index is 0.0553. The standard InChI is InChI=1S/C22H27ClN2O4S/c1-15-4-6-20(7-5-15)30(27,28)24-18-8-10-25(11-9-18)21(26)14-29-19-12-16(2)22(23)17(3)13-19/h4-7,12-13,18,24H,8-11,14H2,1-3H3. The molecule has 0 bridgehead atoms. The molecule has 0 aromatic heterocycles. The zero-order valence-electron chi connectivity index (χ0n) is 17.4. The van der Waals surface area contributed by atoms with E-state index >= 15 is 0 Å². The van der Waals surface area contributed by atoms with E-state index in [-0.39, 0.29) is 23.5 Å². The van der Waals surface area contributed by atoms with E-state index in [0.717, 1.165) is 16.7 Å². The number of sulfonamides is 1. The maximum absolute atomic E-state index is 12.5. The second kappa shape index (κ2) is 9.37. The number of nitrogens with zero attached hydrogens (tertiary/aromatic N) is 1. The molecule has 2 aromatic rings. The predicted octanol–water partition coefficient (Wildman–Crippen LogP) is 3.61. The monoisotopic (exact) mass is 450 g/mol. The first-order valence-corrected chi connectivity index (χ1v) is 11.8. The molecular formula is C22H27ClN2O4S. The van der Waals surface area contributed by atoms with Gasteiger partial charge >= 0.3 is 0 Å². The number of carbonyl (C=O) groups is 1. The van der Waals surface area contributed by atoms with Gasteiger partial charge in [0.2, 0.25) is 10.0 Å². The number of rotatable bonds is 6. The van der Waals surface area contributed by atoms with Crippen LogP contribution in [0.5, 0.6) is 5.75 Å². The molecule has 0 spiro atoms. The Morgan fingerprint density at radius 1 is 1.10 bits per heavy atom. The van der Waals surface area contributed by atoms with Crippen LogP contribution in [0.1, 0.15) is 29.5 Å². The Labute approximate surface area is 183 Å². The third-order valence-electron chi connectivity index (χ3n) is 5.27. The molecule has 0 radical (unpaired) electrons. The van der Waals surface area contributed by atoms with Crippen LogP contribution in [0.2, 0.25) is 5.02 Å². The van der Waals surface area contributed by atoms with E-state index in [1.165, 1.54) is 0 Å². The van der Waals surface area contributed by atoms with Gasteiger partial charge in [0.15, 0.2) is 6.61 Å². The third-order valence-corrected chi connectivity index (χ3v) is 7.41. The molecule has 1 N–H and O–H groups in total. The van der Waals surface area contributed by atoms with Crippen LogP contribution in [0, 0.1) is 20.8 Å². The van der Waals surface area contributed by atoms with Gasteiger partial charge in [0.1, 0.15) is 5.75 Å². The maximum atomic E-state index is 12.5. The summed E-state index contributed by atoms with van der Waals surface area (Å²) in [5, 5.41) is 0.698. The van der Waals surface area contributed by atoms with Crippen molar-refractivity contribution in [3.8, 4) is 5.75 Å². The Bertz CT molecular complexity index is 991. The number of hydrogen-bond acceptors (Lipinski definition) is 4. The van der Waals surface area contributed by atoms with Crippen molar-refractivity contribution in [2.75, 3.05) is 19.7 Å². The number of aryl methyl sites for hydroxylation is 3. The molecule has 1 saturated heterocycles. The van der Waals surface area contributed by atoms with Crippen LogP contribution in [0.25, 0.3) is 0 Å². The van der Waals surface area contributed by atoms with Crippen LogP contribution >= 0.6 is 11.6 Å². The lowest BCUT2D eigenvalue weighted by Gasteiger charge is -2.32. The largest absolute Gasteiger partial charge is 0.484 e. The molecule has 1 amide bonds. The fourth-order valence-electron chi connectivity index (χ4n) is 3.48. The number of carbonyl (C=O) groups excluding carboxylic acids is 1. The molecule has 30 heavy (non-hydrogen) atoms. The van der Waals surface area contributed by atoms with Crippen molar-refractivity contribution >= 4 is 27.5 Å². The molecule has 0 aliphatic carbocycles. The van der Waals surface area contributed by atoms with Gasteiger partial charge in [-0.2, -0.15) is 0 Å². The molecular weight excluding hydrogens is 424 g/mol. The molecule has 2 aromatic carbocycles. The minimum atomic E-state index is -3.56. The molecule has 0 unspecified atom stereocenters. The van der Waals surface area contributed by atoms with Crippen molar-refractivity contribution in [2.45, 2.75) is 44.6 Å². The average molecular weight is 451 g/mol. The summed E-state index contributed by atoms with van der Waals surface area (Å²) in [6, 6.07) is 10.2. The SMILES string of the molecule is Cc1ccc(S(=O)(=O)NC2CCN(C(=O)COc3cc(C)c(Cl)c(C)c3)CC2)cc1. The van der Waals surface area contributed by atoms with Gasteiger partial charge in [0.05, 0.1) is 4.90 Å². The molecule has 1 heterocycles. The summed E-state index contributed by atoms with van der Waals surface area (Å²) >= 11 is 6.16. The first-order chi connectivity index (χ1) is 14.2. The average Bonchev–Trinajstić information content (AvgIpc) is 2.70. The minimum Gasteiger partial charge on any atom is -0.484 e. The highest BCUT2D eigenvalue weighted by Gasteiger charge is 2.27. The van der Waals surface area contributed by atoms with Crippen molar-refractivity contribution in [1.29, 1.82) is 0 Å². The van der Waals surface area contributed by atoms with E-state index in [9.17, 15) is 13.2 Å². The van der Waals surface area contributed by atoms with Gasteiger partial charge in [-0.05, 0) is 69.0 Å². The number of benzene rings is 2. The number of nitrogens with one attached hydrogen (secondary N) is 1. The van der Waals surface area contributed by atoms with Gasteiger partial charge in [-0.1, -0.05) is 29.3 Å². The molecule has 1 fully saturated rings. The van der Waals surface area contributed by atoms with Crippen molar-refractivity contribution < 1.29 is 17.9 Å². The fraction of sp³-hybridized carbons (Fsp3) is 0.409. The molecule has 1 aliphatic rings. The van der Waals surface area contributed by atoms with Gasteiger partial charge in [-0.15, -0.1) is 0 Å². The summed E-state index contributed by atoms with van der Waals surface area (Å²) in [7, 11) is -3.56. The smallest absolute Gasteiger partial charge is 0.260 e. The van der Waals surface area contributed by atoms with Gasteiger partial charge in [0, 0.05) is 24.2 Å². The molecule has 162 valence electrons. The normalized spacial score (nSPS) is 15.3. The van der Waals surface area contributed by atoms with E-state index in [4.69, 9.17) is 16.3 Å². The fourth-order valence-corrected chi connectivity index (χ4v) is 4.89. The number of amides is 1. The topological polar surface area (TPSA) is 75.7 Å². The van der Waals surface area contributed by atoms with Crippen molar-refractivity contribution in [3.63, 3.8) is 0 Å². The zero-order chi connectivity index (χ0) is 21.9. The predicted molar refractivity (Wildman–Crippen MR) is 118 cm³/mol. The lowest BCUT2D eigenvalue weighted by atomic mass is 10.1. The first kappa shape index (κ1) is 22.6. The van der Waals surface area contributed by atoms with Gasteiger partial charge in [-0.25, -0.2) is 13.1 Å². The van der Waals surface area contributed by atoms with Crippen molar-refractivity contribution in [1.82, 2.24) is 9.62 Å². The van der Waals surface area contributed by atoms with Crippen molar-refractivity contribution in [3.05, 3.63) is 58.1 Å². The quantitative estimate of drug-likeness (QED) is 0.729.